The summed E-state index contributed by atoms with van der Waals surface area (Å²) in [7, 11) is 0.273. The van der Waals surface area contributed by atoms with Gasteiger partial charge in [-0.25, -0.2) is 9.78 Å². The van der Waals surface area contributed by atoms with Crippen molar-refractivity contribution in [1.29, 1.82) is 0 Å². The Morgan fingerprint density at radius 3 is 2.79 bits per heavy atom. The Kier molecular flexibility index (Phi) is 7.10. The molecule has 1 saturated heterocycles. The van der Waals surface area contributed by atoms with Crippen LogP contribution >= 0.6 is 25.3 Å². The van der Waals surface area contributed by atoms with Gasteiger partial charge in [0.1, 0.15) is 12.7 Å². The molecule has 0 amide bonds. The molecule has 1 aliphatic heterocycles. The van der Waals surface area contributed by atoms with Gasteiger partial charge in [0.25, 0.3) is 0 Å². The molecule has 0 N–H and O–H groups in total. The van der Waals surface area contributed by atoms with E-state index in [2.05, 4.69) is 25.3 Å². The summed E-state index contributed by atoms with van der Waals surface area (Å²) in [5.74, 6) is 1.32. The van der Waals surface area contributed by atoms with E-state index in [1.165, 1.54) is 0 Å². The van der Waals surface area contributed by atoms with Crippen molar-refractivity contribution in [2.75, 3.05) is 24.7 Å². The second-order valence-corrected chi connectivity index (χ2v) is 3.79. The fraction of sp³-hybridized carbons (Fsp3) is 1.00. The van der Waals surface area contributed by atoms with Crippen molar-refractivity contribution in [2.45, 2.75) is 18.6 Å². The summed E-state index contributed by atoms with van der Waals surface area (Å²) in [6, 6.07) is 0. The molecule has 7 heteroatoms. The van der Waals surface area contributed by atoms with E-state index in [0.717, 1.165) is 12.2 Å². The topological polar surface area (TPSA) is 36.9 Å². The molecule has 0 aromatic heterocycles. The van der Waals surface area contributed by atoms with Crippen LogP contribution in [0.4, 0.5) is 0 Å². The molecule has 14 heavy (non-hydrogen) atoms. The van der Waals surface area contributed by atoms with Crippen molar-refractivity contribution in [3.8, 4) is 0 Å². The van der Waals surface area contributed by atoms with Gasteiger partial charge in [-0.3, -0.25) is 0 Å². The minimum atomic E-state index is -0.128. The van der Waals surface area contributed by atoms with Crippen molar-refractivity contribution in [3.63, 3.8) is 0 Å². The zero-order chi connectivity index (χ0) is 10.2. The highest BCUT2D eigenvalue weighted by Crippen LogP contribution is 2.06. The molecule has 0 aromatic carbocycles. The molecule has 4 nitrogen and oxygen atoms in total. The van der Waals surface area contributed by atoms with E-state index < -0.39 is 0 Å². The molecule has 2 atom stereocenters. The summed E-state index contributed by atoms with van der Waals surface area (Å²) in [5, 5.41) is 0. The summed E-state index contributed by atoms with van der Waals surface area (Å²) in [6.45, 7) is 0.852. The van der Waals surface area contributed by atoms with Gasteiger partial charge < -0.3 is 9.31 Å². The van der Waals surface area contributed by atoms with Gasteiger partial charge in [0.05, 0.1) is 12.7 Å². The van der Waals surface area contributed by atoms with Crippen LogP contribution in [0.25, 0.3) is 0 Å². The van der Waals surface area contributed by atoms with Gasteiger partial charge in [-0.05, 0) is 12.2 Å². The summed E-state index contributed by atoms with van der Waals surface area (Å²) in [6.07, 6.45) is 0.685. The number of hydrogen-bond acceptors (Lipinski definition) is 6. The molecule has 1 aliphatic rings. The van der Waals surface area contributed by atoms with E-state index in [4.69, 9.17) is 19.1 Å². The molecular formula is C7H15BO4S2. The van der Waals surface area contributed by atoms with Crippen LogP contribution in [0.2, 0.25) is 0 Å². The highest BCUT2D eigenvalue weighted by Gasteiger charge is 2.16. The SMILES string of the molecule is SCCC1COOC(CS)COBO1. The van der Waals surface area contributed by atoms with E-state index in [1.54, 1.807) is 0 Å². The van der Waals surface area contributed by atoms with Crippen LogP contribution in [-0.2, 0) is 19.1 Å². The molecular weight excluding hydrogens is 223 g/mol. The summed E-state index contributed by atoms with van der Waals surface area (Å²) >= 11 is 8.23. The average Bonchev–Trinajstić information content (AvgIpc) is 2.30. The second-order valence-electron chi connectivity index (χ2n) is 2.97. The highest BCUT2D eigenvalue weighted by molar-refractivity contribution is 7.80. The fourth-order valence-electron chi connectivity index (χ4n) is 1.00. The zero-order valence-corrected chi connectivity index (χ0v) is 9.71. The highest BCUT2D eigenvalue weighted by atomic mass is 32.1. The lowest BCUT2D eigenvalue weighted by atomic mass is 10.2. The molecule has 0 aromatic rings. The standard InChI is InChI=1S/C7H15BO4S2/c13-2-1-6-4-10-12-7(5-14)3-9-8-11-6/h6-8,13-14H,1-5H2. The first-order valence-corrected chi connectivity index (χ1v) is 5.82. The molecule has 0 aliphatic carbocycles. The first kappa shape index (κ1) is 12.7. The van der Waals surface area contributed by atoms with Gasteiger partial charge in [-0.2, -0.15) is 25.3 Å². The fourth-order valence-corrected chi connectivity index (χ4v) is 1.46. The Morgan fingerprint density at radius 2 is 2.07 bits per heavy atom. The Hall–Kier alpha value is 0.605. The monoisotopic (exact) mass is 238 g/mol. The van der Waals surface area contributed by atoms with Crippen molar-refractivity contribution >= 4 is 32.9 Å². The van der Waals surface area contributed by atoms with Crippen LogP contribution in [0.15, 0.2) is 0 Å². The minimum absolute atomic E-state index is 0.00818. The van der Waals surface area contributed by atoms with Gasteiger partial charge >= 0.3 is 7.69 Å². The van der Waals surface area contributed by atoms with Gasteiger partial charge in [-0.15, -0.1) is 0 Å². The van der Waals surface area contributed by atoms with Crippen molar-refractivity contribution in [1.82, 2.24) is 0 Å². The van der Waals surface area contributed by atoms with E-state index in [9.17, 15) is 0 Å². The van der Waals surface area contributed by atoms with Gasteiger partial charge in [0.15, 0.2) is 0 Å². The van der Waals surface area contributed by atoms with Crippen LogP contribution in [0, 0.1) is 0 Å². The third kappa shape index (κ3) is 4.90. The summed E-state index contributed by atoms with van der Waals surface area (Å²) < 4.78 is 10.6. The Morgan fingerprint density at radius 1 is 1.21 bits per heavy atom. The number of hydrogen-bond donors (Lipinski definition) is 2. The van der Waals surface area contributed by atoms with Crippen molar-refractivity contribution in [2.24, 2.45) is 0 Å². The van der Waals surface area contributed by atoms with Gasteiger partial charge in [0.2, 0.25) is 0 Å². The zero-order valence-electron chi connectivity index (χ0n) is 7.92. The molecule has 0 bridgehead atoms. The van der Waals surface area contributed by atoms with Crippen LogP contribution < -0.4 is 0 Å². The van der Waals surface area contributed by atoms with E-state index in [-0.39, 0.29) is 19.9 Å². The van der Waals surface area contributed by atoms with Crippen LogP contribution in [-0.4, -0.2) is 44.6 Å². The van der Waals surface area contributed by atoms with Crippen molar-refractivity contribution < 1.29 is 19.1 Å². The molecule has 0 saturated carbocycles. The van der Waals surface area contributed by atoms with Gasteiger partial charge in [-0.1, -0.05) is 0 Å². The number of thiol groups is 2. The quantitative estimate of drug-likeness (QED) is 0.419. The number of rotatable bonds is 3. The average molecular weight is 238 g/mol. The third-order valence-corrected chi connectivity index (χ3v) is 2.47. The molecule has 0 spiro atoms. The van der Waals surface area contributed by atoms with E-state index >= 15 is 0 Å². The molecule has 1 fully saturated rings. The van der Waals surface area contributed by atoms with Crippen LogP contribution in [0.3, 0.4) is 0 Å². The summed E-state index contributed by atoms with van der Waals surface area (Å²) in [5.41, 5.74) is 0. The first-order valence-electron chi connectivity index (χ1n) is 4.56. The maximum Gasteiger partial charge on any atom is 0.438 e. The lowest BCUT2D eigenvalue weighted by molar-refractivity contribution is -0.327. The Balaban J connectivity index is 2.28. The van der Waals surface area contributed by atoms with Crippen LogP contribution in [0.5, 0.6) is 0 Å². The van der Waals surface area contributed by atoms with Crippen molar-refractivity contribution in [3.05, 3.63) is 0 Å². The Bertz CT molecular complexity index is 152. The maximum absolute atomic E-state index is 5.40. The third-order valence-electron chi connectivity index (χ3n) is 1.80. The molecule has 0 radical (unpaired) electrons. The minimum Gasteiger partial charge on any atom is -0.411 e. The lowest BCUT2D eigenvalue weighted by Gasteiger charge is -2.14. The second kappa shape index (κ2) is 7.84. The largest absolute Gasteiger partial charge is 0.438 e. The molecule has 1 rings (SSSR count). The van der Waals surface area contributed by atoms with Crippen LogP contribution in [0.1, 0.15) is 6.42 Å². The maximum atomic E-state index is 5.40. The normalized spacial score (nSPS) is 29.9. The van der Waals surface area contributed by atoms with E-state index in [0.29, 0.717) is 19.0 Å². The Labute approximate surface area is 95.7 Å². The van der Waals surface area contributed by atoms with E-state index in [1.807, 2.05) is 0 Å². The molecule has 82 valence electrons. The first-order chi connectivity index (χ1) is 6.86. The summed E-state index contributed by atoms with van der Waals surface area (Å²) in [4.78, 5) is 10.1. The predicted molar refractivity (Wildman–Crippen MR) is 61.1 cm³/mol. The van der Waals surface area contributed by atoms with Gasteiger partial charge in [0, 0.05) is 5.75 Å². The smallest absolute Gasteiger partial charge is 0.411 e. The predicted octanol–water partition coefficient (Wildman–Crippen LogP) is 0.235. The molecule has 2 unspecified atom stereocenters. The molecule has 1 heterocycles. The lowest BCUT2D eigenvalue weighted by Crippen LogP contribution is -2.22.